The number of aliphatic imine (C=N–C) groups is 1. The van der Waals surface area contributed by atoms with E-state index in [0.29, 0.717) is 11.4 Å². The molecule has 1 atom stereocenters. The van der Waals surface area contributed by atoms with Gasteiger partial charge in [-0.1, -0.05) is 48.0 Å². The lowest BCUT2D eigenvalue weighted by Crippen LogP contribution is -2.48. The molecule has 0 amide bonds. The van der Waals surface area contributed by atoms with Gasteiger partial charge in [-0.25, -0.2) is 12.4 Å². The van der Waals surface area contributed by atoms with E-state index in [1.807, 2.05) is 20.0 Å². The molecule has 180 valence electrons. The second-order valence-corrected chi connectivity index (χ2v) is 10.7. The van der Waals surface area contributed by atoms with Crippen LogP contribution in [0.4, 0.5) is 5.82 Å². The van der Waals surface area contributed by atoms with E-state index in [9.17, 15) is 8.42 Å². The highest BCUT2D eigenvalue weighted by Crippen LogP contribution is 2.25. The maximum Gasteiger partial charge on any atom is 0.269 e. The van der Waals surface area contributed by atoms with Gasteiger partial charge in [-0.05, 0) is 50.1 Å². The zero-order valence-electron chi connectivity index (χ0n) is 20.1. The number of benzene rings is 2. The summed E-state index contributed by atoms with van der Waals surface area (Å²) in [6, 6.07) is 19.3. The number of hydrogen-bond acceptors (Lipinski definition) is 5. The quantitative estimate of drug-likeness (QED) is 0.432. The first kappa shape index (κ1) is 24.0. The van der Waals surface area contributed by atoms with Gasteiger partial charge in [0.1, 0.15) is 11.7 Å². The number of anilines is 1. The van der Waals surface area contributed by atoms with E-state index < -0.39 is 10.0 Å². The molecule has 0 bridgehead atoms. The molecule has 1 aliphatic heterocycles. The van der Waals surface area contributed by atoms with Gasteiger partial charge in [0, 0.05) is 39.4 Å². The van der Waals surface area contributed by atoms with Crippen molar-refractivity contribution in [3.05, 3.63) is 83.6 Å². The Balaban J connectivity index is 1.54. The molecule has 0 unspecified atom stereocenters. The Morgan fingerprint density at radius 1 is 1.12 bits per heavy atom. The van der Waals surface area contributed by atoms with Crippen LogP contribution < -0.4 is 5.73 Å². The first-order valence-electron chi connectivity index (χ1n) is 11.6. The molecule has 0 radical (unpaired) electrons. The average Bonchev–Trinajstić information content (AvgIpc) is 3.22. The number of nitrogen functional groups attached to an aromatic ring is 1. The molecule has 2 heterocycles. The van der Waals surface area contributed by atoms with Crippen molar-refractivity contribution < 1.29 is 8.42 Å². The Labute approximate surface area is 202 Å². The van der Waals surface area contributed by atoms with Crippen LogP contribution in [0.3, 0.4) is 0 Å². The van der Waals surface area contributed by atoms with Gasteiger partial charge in [0.25, 0.3) is 10.0 Å². The third kappa shape index (κ3) is 4.88. The molecule has 34 heavy (non-hydrogen) atoms. The lowest BCUT2D eigenvalue weighted by Gasteiger charge is -2.39. The van der Waals surface area contributed by atoms with Crippen molar-refractivity contribution in [2.75, 3.05) is 32.9 Å². The summed E-state index contributed by atoms with van der Waals surface area (Å²) in [5.41, 5.74) is 9.32. The maximum atomic E-state index is 13.2. The number of likely N-dealkylation sites (N-methyl/N-ethyl adjacent to an activating group) is 1. The second-order valence-electron chi connectivity index (χ2n) is 8.90. The molecule has 1 aromatic heterocycles. The monoisotopic (exact) mass is 479 g/mol. The van der Waals surface area contributed by atoms with Crippen LogP contribution in [0.1, 0.15) is 29.5 Å². The highest BCUT2D eigenvalue weighted by molar-refractivity contribution is 7.90. The summed E-state index contributed by atoms with van der Waals surface area (Å²) in [7, 11) is -0.0493. The Morgan fingerprint density at radius 2 is 1.82 bits per heavy atom. The fraction of sp³-hybridized carbons (Fsp3) is 0.346. The second kappa shape index (κ2) is 10.0. The summed E-state index contributed by atoms with van der Waals surface area (Å²) in [4.78, 5) is 9.33. The third-order valence-corrected chi connectivity index (χ3v) is 8.24. The van der Waals surface area contributed by atoms with E-state index in [0.717, 1.165) is 42.0 Å². The number of amidine groups is 1. The van der Waals surface area contributed by atoms with Gasteiger partial charge < -0.3 is 10.6 Å². The molecular weight excluding hydrogens is 446 g/mol. The van der Waals surface area contributed by atoms with Crippen LogP contribution in [0.2, 0.25) is 0 Å². The molecule has 0 spiro atoms. The average molecular weight is 480 g/mol. The minimum atomic E-state index is -3.79. The standard InChI is InChI=1S/C26H33N5O2S/c1-20-11-13-23(14-12-20)34(32,33)31-17-15-24(25(31)27)26(28-2)29(3)22-10-7-16-30(19-22)18-21-8-5-4-6-9-21/h4-6,8-9,11-15,17,22H,7,10,16,18-19,27H2,1-3H3/t22-/m1/s1. The number of aryl methyl sites for hydroxylation is 1. The number of nitrogens with zero attached hydrogens (tertiary/aromatic N) is 4. The van der Waals surface area contributed by atoms with Crippen molar-refractivity contribution in [2.45, 2.75) is 37.2 Å². The van der Waals surface area contributed by atoms with Crippen molar-refractivity contribution in [3.8, 4) is 0 Å². The number of rotatable bonds is 6. The molecular formula is C26H33N5O2S. The minimum Gasteiger partial charge on any atom is -0.384 e. The van der Waals surface area contributed by atoms with E-state index in [1.54, 1.807) is 37.4 Å². The number of aromatic nitrogens is 1. The molecule has 0 saturated carbocycles. The van der Waals surface area contributed by atoms with Crippen molar-refractivity contribution in [2.24, 2.45) is 4.99 Å². The van der Waals surface area contributed by atoms with Crippen molar-refractivity contribution in [1.82, 2.24) is 13.8 Å². The van der Waals surface area contributed by atoms with Crippen LogP contribution in [0.25, 0.3) is 0 Å². The van der Waals surface area contributed by atoms with E-state index in [1.165, 1.54) is 11.8 Å². The summed E-state index contributed by atoms with van der Waals surface area (Å²) in [5, 5.41) is 0. The summed E-state index contributed by atoms with van der Waals surface area (Å²) in [6.45, 7) is 4.81. The van der Waals surface area contributed by atoms with E-state index in [-0.39, 0.29) is 16.8 Å². The van der Waals surface area contributed by atoms with Crippen LogP contribution >= 0.6 is 0 Å². The molecule has 1 fully saturated rings. The predicted molar refractivity (Wildman–Crippen MR) is 138 cm³/mol. The molecule has 3 aromatic rings. The van der Waals surface area contributed by atoms with Crippen molar-refractivity contribution in [1.29, 1.82) is 0 Å². The van der Waals surface area contributed by atoms with Crippen LogP contribution in [0.5, 0.6) is 0 Å². The van der Waals surface area contributed by atoms with Gasteiger partial charge in [0.15, 0.2) is 0 Å². The molecule has 8 heteroatoms. The number of likely N-dealkylation sites (tertiary alicyclic amines) is 1. The van der Waals surface area contributed by atoms with Crippen LogP contribution in [-0.4, -0.2) is 61.3 Å². The molecule has 2 N–H and O–H groups in total. The zero-order chi connectivity index (χ0) is 24.3. The normalized spacial score (nSPS) is 17.6. The van der Waals surface area contributed by atoms with Crippen molar-refractivity contribution >= 4 is 21.7 Å². The van der Waals surface area contributed by atoms with E-state index in [4.69, 9.17) is 5.73 Å². The van der Waals surface area contributed by atoms with Crippen molar-refractivity contribution in [3.63, 3.8) is 0 Å². The SMILES string of the molecule is CN=C(c1ccn(S(=O)(=O)c2ccc(C)cc2)c1N)N(C)[C@@H]1CCCN(Cc2ccccc2)C1. The molecule has 0 aliphatic carbocycles. The molecule has 2 aromatic carbocycles. The summed E-state index contributed by atoms with van der Waals surface area (Å²) >= 11 is 0. The van der Waals surface area contributed by atoms with E-state index >= 15 is 0 Å². The van der Waals surface area contributed by atoms with Gasteiger partial charge in [0.05, 0.1) is 10.5 Å². The predicted octanol–water partition coefficient (Wildman–Crippen LogP) is 3.59. The Kier molecular flexibility index (Phi) is 7.09. The number of hydrogen-bond donors (Lipinski definition) is 1. The fourth-order valence-electron chi connectivity index (χ4n) is 4.62. The van der Waals surface area contributed by atoms with Gasteiger partial charge in [-0.15, -0.1) is 0 Å². The lowest BCUT2D eigenvalue weighted by molar-refractivity contribution is 0.148. The first-order valence-corrected chi connectivity index (χ1v) is 13.0. The maximum absolute atomic E-state index is 13.2. The van der Waals surface area contributed by atoms with Crippen LogP contribution in [0.15, 0.2) is 76.7 Å². The van der Waals surface area contributed by atoms with Crippen LogP contribution in [-0.2, 0) is 16.6 Å². The molecule has 4 rings (SSSR count). The highest BCUT2D eigenvalue weighted by atomic mass is 32.2. The Hall–Kier alpha value is -3.10. The molecule has 1 aliphatic rings. The Morgan fingerprint density at radius 3 is 2.50 bits per heavy atom. The van der Waals surface area contributed by atoms with Gasteiger partial charge in [-0.2, -0.15) is 0 Å². The van der Waals surface area contributed by atoms with Gasteiger partial charge in [-0.3, -0.25) is 9.89 Å². The largest absolute Gasteiger partial charge is 0.384 e. The topological polar surface area (TPSA) is 83.9 Å². The third-order valence-electron chi connectivity index (χ3n) is 6.53. The van der Waals surface area contributed by atoms with Gasteiger partial charge in [0.2, 0.25) is 0 Å². The number of nitrogens with two attached hydrogens (primary N) is 1. The Bertz CT molecular complexity index is 1250. The number of piperidine rings is 1. The smallest absolute Gasteiger partial charge is 0.269 e. The molecule has 7 nitrogen and oxygen atoms in total. The summed E-state index contributed by atoms with van der Waals surface area (Å²) in [5.74, 6) is 0.867. The summed E-state index contributed by atoms with van der Waals surface area (Å²) < 4.78 is 27.5. The molecule has 1 saturated heterocycles. The van der Waals surface area contributed by atoms with E-state index in [2.05, 4.69) is 39.1 Å². The zero-order valence-corrected chi connectivity index (χ0v) is 20.9. The highest BCUT2D eigenvalue weighted by Gasteiger charge is 2.28. The van der Waals surface area contributed by atoms with Crippen LogP contribution in [0, 0.1) is 6.92 Å². The first-order chi connectivity index (χ1) is 16.3. The minimum absolute atomic E-state index is 0.171. The lowest BCUT2D eigenvalue weighted by atomic mass is 10.0. The fourth-order valence-corrected chi connectivity index (χ4v) is 5.91. The summed E-state index contributed by atoms with van der Waals surface area (Å²) in [6.07, 6.45) is 3.65. The van der Waals surface area contributed by atoms with Gasteiger partial charge >= 0.3 is 0 Å².